The summed E-state index contributed by atoms with van der Waals surface area (Å²) in [4.78, 5) is 11.0. The van der Waals surface area contributed by atoms with Crippen LogP contribution in [0.4, 0.5) is 0 Å². The van der Waals surface area contributed by atoms with E-state index in [1.165, 1.54) is 0 Å². The molecule has 14 heavy (non-hydrogen) atoms. The number of carboxylic acids is 1. The van der Waals surface area contributed by atoms with Crippen molar-refractivity contribution in [2.24, 2.45) is 0 Å². The van der Waals surface area contributed by atoms with Crippen molar-refractivity contribution >= 4 is 5.97 Å². The Morgan fingerprint density at radius 2 is 2.14 bits per heavy atom. The van der Waals surface area contributed by atoms with Crippen LogP contribution >= 0.6 is 0 Å². The molecule has 0 saturated heterocycles. The summed E-state index contributed by atoms with van der Waals surface area (Å²) in [6.45, 7) is 8.07. The molecule has 0 atom stereocenters. The zero-order valence-corrected chi connectivity index (χ0v) is 9.16. The lowest BCUT2D eigenvalue weighted by atomic mass is 10.2. The Kier molecular flexibility index (Phi) is 2.99. The zero-order valence-electron chi connectivity index (χ0n) is 9.16. The molecule has 1 heterocycles. The van der Waals surface area contributed by atoms with Gasteiger partial charge in [-0.3, -0.25) is 0 Å². The molecule has 1 rings (SSSR count). The normalized spacial score (nSPS) is 10.9. The molecule has 0 aliphatic rings. The van der Waals surface area contributed by atoms with E-state index >= 15 is 0 Å². The molecule has 1 aromatic heterocycles. The molecule has 78 valence electrons. The SMILES string of the molecule is CCc1c(C(=O)O)cc(C)n1C(C)C. The molecule has 0 fully saturated rings. The molecule has 0 radical (unpaired) electrons. The highest BCUT2D eigenvalue weighted by Crippen LogP contribution is 2.21. The van der Waals surface area contributed by atoms with Crippen LogP contribution in [0.1, 0.15) is 48.6 Å². The van der Waals surface area contributed by atoms with Gasteiger partial charge in [0.15, 0.2) is 0 Å². The van der Waals surface area contributed by atoms with E-state index in [2.05, 4.69) is 18.4 Å². The van der Waals surface area contributed by atoms with Crippen LogP contribution in [-0.2, 0) is 6.42 Å². The summed E-state index contributed by atoms with van der Waals surface area (Å²) in [5.41, 5.74) is 2.39. The summed E-state index contributed by atoms with van der Waals surface area (Å²) in [7, 11) is 0. The van der Waals surface area contributed by atoms with E-state index in [1.54, 1.807) is 6.07 Å². The van der Waals surface area contributed by atoms with Gasteiger partial charge in [0.25, 0.3) is 0 Å². The van der Waals surface area contributed by atoms with Crippen molar-refractivity contribution in [3.63, 3.8) is 0 Å². The van der Waals surface area contributed by atoms with Crippen LogP contribution in [0.15, 0.2) is 6.07 Å². The third-order valence-electron chi connectivity index (χ3n) is 2.42. The van der Waals surface area contributed by atoms with E-state index in [4.69, 9.17) is 5.11 Å². The van der Waals surface area contributed by atoms with Crippen molar-refractivity contribution in [1.82, 2.24) is 4.57 Å². The van der Waals surface area contributed by atoms with Gasteiger partial charge in [0.1, 0.15) is 0 Å². The minimum absolute atomic E-state index is 0.318. The maximum atomic E-state index is 11.0. The molecule has 0 aromatic carbocycles. The number of nitrogens with zero attached hydrogens (tertiary/aromatic N) is 1. The van der Waals surface area contributed by atoms with E-state index in [1.807, 2.05) is 13.8 Å². The van der Waals surface area contributed by atoms with Crippen LogP contribution in [0.5, 0.6) is 0 Å². The average Bonchev–Trinajstić information content (AvgIpc) is 2.41. The smallest absolute Gasteiger partial charge is 0.337 e. The van der Waals surface area contributed by atoms with Gasteiger partial charge in [-0.05, 0) is 33.3 Å². The highest BCUT2D eigenvalue weighted by atomic mass is 16.4. The summed E-state index contributed by atoms with van der Waals surface area (Å²) < 4.78 is 2.09. The van der Waals surface area contributed by atoms with Crippen molar-refractivity contribution in [2.45, 2.75) is 40.2 Å². The van der Waals surface area contributed by atoms with Gasteiger partial charge in [-0.1, -0.05) is 6.92 Å². The fourth-order valence-electron chi connectivity index (χ4n) is 1.97. The molecule has 3 nitrogen and oxygen atoms in total. The first kappa shape index (κ1) is 10.8. The second kappa shape index (κ2) is 3.86. The minimum atomic E-state index is -0.829. The van der Waals surface area contributed by atoms with Crippen LogP contribution in [0.2, 0.25) is 0 Å². The van der Waals surface area contributed by atoms with Crippen LogP contribution in [0.25, 0.3) is 0 Å². The molecule has 0 spiro atoms. The van der Waals surface area contributed by atoms with E-state index in [0.29, 0.717) is 11.6 Å². The van der Waals surface area contributed by atoms with Crippen molar-refractivity contribution in [3.05, 3.63) is 23.0 Å². The average molecular weight is 195 g/mol. The molecular weight excluding hydrogens is 178 g/mol. The number of carboxylic acid groups (broad SMARTS) is 1. The quantitative estimate of drug-likeness (QED) is 0.805. The number of aromatic nitrogens is 1. The van der Waals surface area contributed by atoms with E-state index < -0.39 is 5.97 Å². The Hall–Kier alpha value is -1.25. The number of rotatable bonds is 3. The summed E-state index contributed by atoms with van der Waals surface area (Å²) in [6.07, 6.45) is 0.758. The van der Waals surface area contributed by atoms with Crippen LogP contribution < -0.4 is 0 Å². The molecule has 0 amide bonds. The molecule has 1 N–H and O–H groups in total. The molecule has 0 aliphatic carbocycles. The Bertz CT molecular complexity index is 350. The lowest BCUT2D eigenvalue weighted by Gasteiger charge is -2.14. The third-order valence-corrected chi connectivity index (χ3v) is 2.42. The summed E-state index contributed by atoms with van der Waals surface area (Å²) in [5, 5.41) is 9.00. The molecule has 3 heteroatoms. The van der Waals surface area contributed by atoms with Gasteiger partial charge in [-0.15, -0.1) is 0 Å². The topological polar surface area (TPSA) is 42.2 Å². The molecular formula is C11H17NO2. The predicted molar refractivity (Wildman–Crippen MR) is 55.9 cm³/mol. The Morgan fingerprint density at radius 1 is 1.57 bits per heavy atom. The van der Waals surface area contributed by atoms with Crippen molar-refractivity contribution in [1.29, 1.82) is 0 Å². The Labute approximate surface area is 84.4 Å². The van der Waals surface area contributed by atoms with Gasteiger partial charge in [0.05, 0.1) is 5.56 Å². The first-order chi connectivity index (χ1) is 6.49. The highest BCUT2D eigenvalue weighted by Gasteiger charge is 2.17. The highest BCUT2D eigenvalue weighted by molar-refractivity contribution is 5.89. The van der Waals surface area contributed by atoms with Gasteiger partial charge in [-0.25, -0.2) is 4.79 Å². The molecule has 0 bridgehead atoms. The summed E-state index contributed by atoms with van der Waals surface area (Å²) in [6, 6.07) is 2.07. The van der Waals surface area contributed by atoms with Crippen LogP contribution in [0.3, 0.4) is 0 Å². The maximum absolute atomic E-state index is 11.0. The van der Waals surface area contributed by atoms with E-state index in [0.717, 1.165) is 17.8 Å². The van der Waals surface area contributed by atoms with Crippen molar-refractivity contribution in [2.75, 3.05) is 0 Å². The van der Waals surface area contributed by atoms with Crippen molar-refractivity contribution in [3.8, 4) is 0 Å². The first-order valence-electron chi connectivity index (χ1n) is 4.93. The molecule has 1 aromatic rings. The zero-order chi connectivity index (χ0) is 10.9. The number of aromatic carboxylic acids is 1. The van der Waals surface area contributed by atoms with Crippen molar-refractivity contribution < 1.29 is 9.90 Å². The van der Waals surface area contributed by atoms with Gasteiger partial charge in [0.2, 0.25) is 0 Å². The fraction of sp³-hybridized carbons (Fsp3) is 0.545. The Balaban J connectivity index is 3.35. The lowest BCUT2D eigenvalue weighted by Crippen LogP contribution is -2.09. The van der Waals surface area contributed by atoms with Crippen LogP contribution in [-0.4, -0.2) is 15.6 Å². The fourth-order valence-corrected chi connectivity index (χ4v) is 1.97. The molecule has 0 saturated carbocycles. The van der Waals surface area contributed by atoms with Crippen LogP contribution in [0, 0.1) is 6.92 Å². The van der Waals surface area contributed by atoms with Gasteiger partial charge >= 0.3 is 5.97 Å². The maximum Gasteiger partial charge on any atom is 0.337 e. The lowest BCUT2D eigenvalue weighted by molar-refractivity contribution is 0.0695. The number of hydrogen-bond acceptors (Lipinski definition) is 1. The number of aryl methyl sites for hydroxylation is 1. The number of hydrogen-bond donors (Lipinski definition) is 1. The number of carbonyl (C=O) groups is 1. The van der Waals surface area contributed by atoms with Gasteiger partial charge in [-0.2, -0.15) is 0 Å². The summed E-state index contributed by atoms with van der Waals surface area (Å²) >= 11 is 0. The van der Waals surface area contributed by atoms with Gasteiger partial charge in [0, 0.05) is 17.4 Å². The largest absolute Gasteiger partial charge is 0.478 e. The van der Waals surface area contributed by atoms with E-state index in [-0.39, 0.29) is 0 Å². The monoisotopic (exact) mass is 195 g/mol. The minimum Gasteiger partial charge on any atom is -0.478 e. The standard InChI is InChI=1S/C11H17NO2/c1-5-10-9(11(13)14)6-8(4)12(10)7(2)3/h6-7H,5H2,1-4H3,(H,13,14). The second-order valence-corrected chi connectivity index (χ2v) is 3.77. The summed E-state index contributed by atoms with van der Waals surface area (Å²) in [5.74, 6) is -0.829. The molecule has 0 aliphatic heterocycles. The third kappa shape index (κ3) is 1.67. The first-order valence-corrected chi connectivity index (χ1v) is 4.93. The molecule has 0 unspecified atom stereocenters. The van der Waals surface area contributed by atoms with E-state index in [9.17, 15) is 4.79 Å². The van der Waals surface area contributed by atoms with Gasteiger partial charge < -0.3 is 9.67 Å². The Morgan fingerprint density at radius 3 is 2.50 bits per heavy atom. The predicted octanol–water partition coefficient (Wildman–Crippen LogP) is 2.64. The second-order valence-electron chi connectivity index (χ2n) is 3.77.